The van der Waals surface area contributed by atoms with Crippen LogP contribution in [0.1, 0.15) is 39.4 Å². The summed E-state index contributed by atoms with van der Waals surface area (Å²) >= 11 is 1.68. The van der Waals surface area contributed by atoms with Gasteiger partial charge in [0.1, 0.15) is 0 Å². The van der Waals surface area contributed by atoms with Crippen LogP contribution in [0.25, 0.3) is 0 Å². The Morgan fingerprint density at radius 3 is 2.54 bits per heavy atom. The van der Waals surface area contributed by atoms with Crippen molar-refractivity contribution in [1.82, 2.24) is 9.80 Å². The molecule has 4 rings (SSSR count). The van der Waals surface area contributed by atoms with E-state index in [1.807, 2.05) is 4.90 Å². The highest BCUT2D eigenvalue weighted by Gasteiger charge is 2.34. The van der Waals surface area contributed by atoms with Crippen molar-refractivity contribution >= 4 is 27.1 Å². The Labute approximate surface area is 147 Å². The number of fused-ring (bicyclic) bond motifs is 1. The lowest BCUT2D eigenvalue weighted by Gasteiger charge is -2.37. The number of hydrogen-bond donors (Lipinski definition) is 0. The Morgan fingerprint density at radius 2 is 1.88 bits per heavy atom. The second kappa shape index (κ2) is 6.42. The molecule has 1 aliphatic carbocycles. The van der Waals surface area contributed by atoms with Gasteiger partial charge in [0.15, 0.2) is 9.84 Å². The molecule has 7 heteroatoms. The van der Waals surface area contributed by atoms with Gasteiger partial charge in [0.25, 0.3) is 5.91 Å². The number of aryl methyl sites for hydroxylation is 2. The minimum Gasteiger partial charge on any atom is -0.335 e. The van der Waals surface area contributed by atoms with Gasteiger partial charge in [0.05, 0.1) is 16.4 Å². The van der Waals surface area contributed by atoms with E-state index < -0.39 is 9.84 Å². The number of piperazine rings is 1. The summed E-state index contributed by atoms with van der Waals surface area (Å²) in [6.45, 7) is 2.99. The van der Waals surface area contributed by atoms with Gasteiger partial charge in [-0.15, -0.1) is 11.3 Å². The molecule has 5 nitrogen and oxygen atoms in total. The van der Waals surface area contributed by atoms with E-state index in [-0.39, 0.29) is 11.9 Å². The van der Waals surface area contributed by atoms with Crippen molar-refractivity contribution in [3.63, 3.8) is 0 Å². The summed E-state index contributed by atoms with van der Waals surface area (Å²) in [5, 5.41) is 0. The van der Waals surface area contributed by atoms with E-state index in [1.54, 1.807) is 11.3 Å². The first kappa shape index (κ1) is 16.5. The van der Waals surface area contributed by atoms with Crippen molar-refractivity contribution in [3.8, 4) is 0 Å². The molecule has 1 aromatic rings. The molecular weight excluding hydrogens is 344 g/mol. The van der Waals surface area contributed by atoms with Crippen LogP contribution in [0, 0.1) is 0 Å². The molecule has 0 saturated carbocycles. The maximum Gasteiger partial charge on any atom is 0.264 e. The largest absolute Gasteiger partial charge is 0.335 e. The first-order valence-corrected chi connectivity index (χ1v) is 11.5. The lowest BCUT2D eigenvalue weighted by Crippen LogP contribution is -2.52. The third kappa shape index (κ3) is 3.26. The lowest BCUT2D eigenvalue weighted by atomic mass is 9.99. The zero-order valence-corrected chi connectivity index (χ0v) is 15.5. The van der Waals surface area contributed by atoms with Crippen molar-refractivity contribution in [3.05, 3.63) is 21.4 Å². The molecule has 1 unspecified atom stereocenters. The van der Waals surface area contributed by atoms with Gasteiger partial charge in [-0.1, -0.05) is 0 Å². The molecule has 0 aromatic carbocycles. The Morgan fingerprint density at radius 1 is 1.12 bits per heavy atom. The van der Waals surface area contributed by atoms with Crippen molar-refractivity contribution in [2.24, 2.45) is 0 Å². The Hall–Kier alpha value is -0.920. The van der Waals surface area contributed by atoms with Crippen LogP contribution in [0.5, 0.6) is 0 Å². The summed E-state index contributed by atoms with van der Waals surface area (Å²) in [5.74, 6) is 0.768. The molecule has 3 heterocycles. The summed E-state index contributed by atoms with van der Waals surface area (Å²) < 4.78 is 23.3. The fourth-order valence-electron chi connectivity index (χ4n) is 4.11. The van der Waals surface area contributed by atoms with Crippen LogP contribution in [0.2, 0.25) is 0 Å². The molecule has 3 aliphatic rings. The van der Waals surface area contributed by atoms with E-state index in [0.717, 1.165) is 37.2 Å². The monoisotopic (exact) mass is 368 g/mol. The van der Waals surface area contributed by atoms with E-state index in [9.17, 15) is 13.2 Å². The van der Waals surface area contributed by atoms with Crippen LogP contribution in [-0.4, -0.2) is 67.9 Å². The Kier molecular flexibility index (Phi) is 4.43. The summed E-state index contributed by atoms with van der Waals surface area (Å²) in [7, 11) is -2.84. The average molecular weight is 369 g/mol. The van der Waals surface area contributed by atoms with E-state index in [4.69, 9.17) is 0 Å². The molecule has 0 spiro atoms. The lowest BCUT2D eigenvalue weighted by molar-refractivity contribution is 0.0592. The quantitative estimate of drug-likeness (QED) is 0.795. The highest BCUT2D eigenvalue weighted by molar-refractivity contribution is 7.91. The van der Waals surface area contributed by atoms with Gasteiger partial charge in [0.2, 0.25) is 0 Å². The van der Waals surface area contributed by atoms with Crippen LogP contribution in [0.15, 0.2) is 6.07 Å². The molecule has 2 fully saturated rings. The average Bonchev–Trinajstić information content (AvgIpc) is 3.17. The molecule has 132 valence electrons. The van der Waals surface area contributed by atoms with Gasteiger partial charge >= 0.3 is 0 Å². The smallest absolute Gasteiger partial charge is 0.264 e. The molecule has 2 aliphatic heterocycles. The van der Waals surface area contributed by atoms with E-state index in [2.05, 4.69) is 11.0 Å². The number of sulfone groups is 1. The first-order valence-electron chi connectivity index (χ1n) is 8.87. The number of hydrogen-bond acceptors (Lipinski definition) is 5. The van der Waals surface area contributed by atoms with Crippen LogP contribution in [0.3, 0.4) is 0 Å². The van der Waals surface area contributed by atoms with Crippen molar-refractivity contribution in [2.45, 2.75) is 38.1 Å². The molecule has 1 amide bonds. The molecule has 0 N–H and O–H groups in total. The summed E-state index contributed by atoms with van der Waals surface area (Å²) in [6.07, 6.45) is 5.46. The van der Waals surface area contributed by atoms with Crippen LogP contribution < -0.4 is 0 Å². The molecular formula is C17H24N2O3S2. The second-order valence-corrected chi connectivity index (χ2v) is 10.5. The fourth-order valence-corrected chi connectivity index (χ4v) is 7.09. The highest BCUT2D eigenvalue weighted by atomic mass is 32.2. The van der Waals surface area contributed by atoms with E-state index in [0.29, 0.717) is 24.6 Å². The Bertz CT molecular complexity index is 710. The number of carbonyl (C=O) groups excluding carboxylic acids is 1. The minimum atomic E-state index is -2.84. The normalized spacial score (nSPS) is 27.2. The zero-order valence-electron chi connectivity index (χ0n) is 13.9. The maximum atomic E-state index is 12.8. The summed E-state index contributed by atoms with van der Waals surface area (Å²) in [5.41, 5.74) is 1.38. The standard InChI is InChI=1S/C17H24N2O3S2/c20-17(16-11-13-3-1-2-4-15(13)23-16)19-8-6-18(7-9-19)14-5-10-24(21,22)12-14/h11,14H,1-10,12H2. The molecule has 1 aromatic heterocycles. The molecule has 0 radical (unpaired) electrons. The predicted molar refractivity (Wildman–Crippen MR) is 95.5 cm³/mol. The van der Waals surface area contributed by atoms with Gasteiger partial charge in [-0.05, 0) is 43.7 Å². The topological polar surface area (TPSA) is 57.7 Å². The van der Waals surface area contributed by atoms with Gasteiger partial charge in [-0.3, -0.25) is 9.69 Å². The van der Waals surface area contributed by atoms with Gasteiger partial charge < -0.3 is 4.90 Å². The number of nitrogens with zero attached hydrogens (tertiary/aromatic N) is 2. The highest BCUT2D eigenvalue weighted by Crippen LogP contribution is 2.30. The third-order valence-electron chi connectivity index (χ3n) is 5.53. The van der Waals surface area contributed by atoms with Crippen molar-refractivity contribution in [2.75, 3.05) is 37.7 Å². The molecule has 24 heavy (non-hydrogen) atoms. The van der Waals surface area contributed by atoms with Crippen LogP contribution >= 0.6 is 11.3 Å². The number of rotatable bonds is 2. The van der Waals surface area contributed by atoms with Crippen molar-refractivity contribution in [1.29, 1.82) is 0 Å². The third-order valence-corrected chi connectivity index (χ3v) is 8.51. The van der Waals surface area contributed by atoms with Crippen molar-refractivity contribution < 1.29 is 13.2 Å². The van der Waals surface area contributed by atoms with Gasteiger partial charge in [-0.2, -0.15) is 0 Å². The fraction of sp³-hybridized carbons (Fsp3) is 0.706. The molecule has 2 saturated heterocycles. The van der Waals surface area contributed by atoms with E-state index >= 15 is 0 Å². The summed E-state index contributed by atoms with van der Waals surface area (Å²) in [4.78, 5) is 19.3. The van der Waals surface area contributed by atoms with Crippen LogP contribution in [0.4, 0.5) is 0 Å². The number of thiophene rings is 1. The maximum absolute atomic E-state index is 12.8. The van der Waals surface area contributed by atoms with Gasteiger partial charge in [0, 0.05) is 37.1 Å². The second-order valence-electron chi connectivity index (χ2n) is 7.15. The molecule has 1 atom stereocenters. The van der Waals surface area contributed by atoms with Gasteiger partial charge in [-0.25, -0.2) is 8.42 Å². The number of amides is 1. The minimum absolute atomic E-state index is 0.154. The first-order chi connectivity index (χ1) is 11.5. The molecule has 0 bridgehead atoms. The predicted octanol–water partition coefficient (Wildman–Crippen LogP) is 1.57. The van der Waals surface area contributed by atoms with E-state index in [1.165, 1.54) is 23.3 Å². The number of carbonyl (C=O) groups is 1. The zero-order chi connectivity index (χ0) is 16.7. The summed E-state index contributed by atoms with van der Waals surface area (Å²) in [6, 6.07) is 2.26. The SMILES string of the molecule is O=C(c1cc2c(s1)CCCC2)N1CCN(C2CCS(=O)(=O)C2)CC1. The van der Waals surface area contributed by atoms with Crippen LogP contribution in [-0.2, 0) is 22.7 Å². The Balaban J connectivity index is 1.37.